The van der Waals surface area contributed by atoms with E-state index in [1.165, 1.54) is 11.1 Å². The number of hydrogen-bond donors (Lipinski definition) is 1. The lowest BCUT2D eigenvalue weighted by molar-refractivity contribution is 0.284. The maximum atomic E-state index is 5.95. The van der Waals surface area contributed by atoms with E-state index in [9.17, 15) is 0 Å². The van der Waals surface area contributed by atoms with Gasteiger partial charge in [0.05, 0.1) is 7.11 Å². The minimum absolute atomic E-state index is 0.172. The van der Waals surface area contributed by atoms with Gasteiger partial charge in [-0.15, -0.1) is 0 Å². The zero-order valence-electron chi connectivity index (χ0n) is 15.5. The summed E-state index contributed by atoms with van der Waals surface area (Å²) in [5.41, 5.74) is 3.85. The molecule has 0 saturated heterocycles. The van der Waals surface area contributed by atoms with Gasteiger partial charge in [0.15, 0.2) is 11.5 Å². The maximum absolute atomic E-state index is 5.95. The molecular weight excluding hydrogens is 298 g/mol. The van der Waals surface area contributed by atoms with Crippen LogP contribution in [-0.4, -0.2) is 13.7 Å². The van der Waals surface area contributed by atoms with Gasteiger partial charge in [-0.2, -0.15) is 0 Å². The van der Waals surface area contributed by atoms with E-state index in [1.807, 2.05) is 12.1 Å². The van der Waals surface area contributed by atoms with Crippen molar-refractivity contribution in [3.05, 3.63) is 59.2 Å². The van der Waals surface area contributed by atoms with Crippen molar-refractivity contribution in [2.45, 2.75) is 46.3 Å². The number of ether oxygens (including phenoxy) is 2. The summed E-state index contributed by atoms with van der Waals surface area (Å²) in [7, 11) is 1.68. The van der Waals surface area contributed by atoms with Crippen LogP contribution in [0.1, 0.15) is 44.4 Å². The fourth-order valence-corrected chi connectivity index (χ4v) is 2.47. The summed E-state index contributed by atoms with van der Waals surface area (Å²) in [5, 5.41) is 3.31. The molecule has 0 radical (unpaired) electrons. The van der Waals surface area contributed by atoms with Crippen LogP contribution in [-0.2, 0) is 18.6 Å². The van der Waals surface area contributed by atoms with Crippen molar-refractivity contribution in [3.8, 4) is 11.5 Å². The van der Waals surface area contributed by atoms with E-state index in [0.717, 1.165) is 30.2 Å². The molecular formula is C21H29NO2. The van der Waals surface area contributed by atoms with Gasteiger partial charge in [-0.05, 0) is 40.8 Å². The van der Waals surface area contributed by atoms with Crippen molar-refractivity contribution in [2.24, 2.45) is 0 Å². The van der Waals surface area contributed by atoms with E-state index in [-0.39, 0.29) is 5.41 Å². The third-order valence-corrected chi connectivity index (χ3v) is 4.02. The molecule has 0 unspecified atom stereocenters. The van der Waals surface area contributed by atoms with Gasteiger partial charge in [0.1, 0.15) is 6.61 Å². The van der Waals surface area contributed by atoms with E-state index in [2.05, 4.69) is 63.3 Å². The van der Waals surface area contributed by atoms with Gasteiger partial charge in [0.2, 0.25) is 0 Å². The predicted octanol–water partition coefficient (Wildman–Crippen LogP) is 4.68. The Morgan fingerprint density at radius 3 is 2.17 bits per heavy atom. The SMILES string of the molecule is CCNCc1ccc(OCc2ccc(C(C)(C)C)cc2)c(OC)c1. The zero-order valence-corrected chi connectivity index (χ0v) is 15.5. The number of benzene rings is 2. The molecule has 0 saturated carbocycles. The molecule has 24 heavy (non-hydrogen) atoms. The summed E-state index contributed by atoms with van der Waals surface area (Å²) in [4.78, 5) is 0. The Morgan fingerprint density at radius 1 is 0.917 bits per heavy atom. The van der Waals surface area contributed by atoms with Crippen LogP contribution in [0.4, 0.5) is 0 Å². The average molecular weight is 327 g/mol. The topological polar surface area (TPSA) is 30.5 Å². The minimum Gasteiger partial charge on any atom is -0.493 e. The summed E-state index contributed by atoms with van der Waals surface area (Å²) < 4.78 is 11.4. The highest BCUT2D eigenvalue weighted by Crippen LogP contribution is 2.29. The summed E-state index contributed by atoms with van der Waals surface area (Å²) in [6.07, 6.45) is 0. The van der Waals surface area contributed by atoms with Crippen LogP contribution < -0.4 is 14.8 Å². The molecule has 3 heteroatoms. The van der Waals surface area contributed by atoms with Crippen LogP contribution in [0.25, 0.3) is 0 Å². The van der Waals surface area contributed by atoms with Crippen LogP contribution >= 0.6 is 0 Å². The predicted molar refractivity (Wildman–Crippen MR) is 99.8 cm³/mol. The molecule has 0 aliphatic rings. The smallest absolute Gasteiger partial charge is 0.161 e. The third kappa shape index (κ3) is 5.00. The van der Waals surface area contributed by atoms with Crippen molar-refractivity contribution in [1.82, 2.24) is 5.32 Å². The van der Waals surface area contributed by atoms with Crippen LogP contribution in [0.2, 0.25) is 0 Å². The first-order chi connectivity index (χ1) is 11.4. The Labute approximate surface area is 146 Å². The summed E-state index contributed by atoms with van der Waals surface area (Å²) in [6, 6.07) is 14.7. The van der Waals surface area contributed by atoms with Crippen LogP contribution in [0.3, 0.4) is 0 Å². The molecule has 0 amide bonds. The first-order valence-electron chi connectivity index (χ1n) is 8.54. The molecule has 0 fully saturated rings. The lowest BCUT2D eigenvalue weighted by atomic mass is 9.87. The molecule has 0 heterocycles. The summed E-state index contributed by atoms with van der Waals surface area (Å²) in [5.74, 6) is 1.55. The third-order valence-electron chi connectivity index (χ3n) is 4.02. The van der Waals surface area contributed by atoms with Crippen LogP contribution in [0.5, 0.6) is 11.5 Å². The van der Waals surface area contributed by atoms with E-state index >= 15 is 0 Å². The van der Waals surface area contributed by atoms with Crippen molar-refractivity contribution in [1.29, 1.82) is 0 Å². The second-order valence-corrected chi connectivity index (χ2v) is 7.00. The zero-order chi connectivity index (χ0) is 17.6. The fraction of sp³-hybridized carbons (Fsp3) is 0.429. The highest BCUT2D eigenvalue weighted by atomic mass is 16.5. The molecule has 0 aliphatic heterocycles. The molecule has 0 atom stereocenters. The molecule has 0 aliphatic carbocycles. The Hall–Kier alpha value is -2.00. The first-order valence-corrected chi connectivity index (χ1v) is 8.54. The Bertz CT molecular complexity index is 642. The summed E-state index contributed by atoms with van der Waals surface area (Å²) in [6.45, 7) is 11.1. The number of rotatable bonds is 7. The number of methoxy groups -OCH3 is 1. The van der Waals surface area contributed by atoms with Gasteiger partial charge in [-0.3, -0.25) is 0 Å². The van der Waals surface area contributed by atoms with Crippen molar-refractivity contribution in [2.75, 3.05) is 13.7 Å². The van der Waals surface area contributed by atoms with Crippen molar-refractivity contribution < 1.29 is 9.47 Å². The largest absolute Gasteiger partial charge is 0.493 e. The Morgan fingerprint density at radius 2 is 1.58 bits per heavy atom. The second-order valence-electron chi connectivity index (χ2n) is 7.00. The van der Waals surface area contributed by atoms with E-state index in [0.29, 0.717) is 6.61 Å². The quantitative estimate of drug-likeness (QED) is 0.801. The molecule has 0 aromatic heterocycles. The van der Waals surface area contributed by atoms with Crippen LogP contribution in [0.15, 0.2) is 42.5 Å². The first kappa shape index (κ1) is 18.3. The minimum atomic E-state index is 0.172. The maximum Gasteiger partial charge on any atom is 0.161 e. The molecule has 3 nitrogen and oxygen atoms in total. The highest BCUT2D eigenvalue weighted by molar-refractivity contribution is 5.43. The van der Waals surface area contributed by atoms with Crippen molar-refractivity contribution in [3.63, 3.8) is 0 Å². The van der Waals surface area contributed by atoms with Gasteiger partial charge >= 0.3 is 0 Å². The van der Waals surface area contributed by atoms with Gasteiger partial charge in [0.25, 0.3) is 0 Å². The molecule has 130 valence electrons. The molecule has 1 N–H and O–H groups in total. The standard InChI is InChI=1S/C21H29NO2/c1-6-22-14-17-9-12-19(20(13-17)23-5)24-15-16-7-10-18(11-8-16)21(2,3)4/h7-13,22H,6,14-15H2,1-5H3. The van der Waals surface area contributed by atoms with Crippen molar-refractivity contribution >= 4 is 0 Å². The van der Waals surface area contributed by atoms with E-state index < -0.39 is 0 Å². The molecule has 0 spiro atoms. The lowest BCUT2D eigenvalue weighted by Gasteiger charge is -2.19. The van der Waals surface area contributed by atoms with Gasteiger partial charge in [-0.25, -0.2) is 0 Å². The van der Waals surface area contributed by atoms with Gasteiger partial charge in [0, 0.05) is 6.54 Å². The molecule has 2 aromatic rings. The molecule has 0 bridgehead atoms. The van der Waals surface area contributed by atoms with Gasteiger partial charge in [-0.1, -0.05) is 58.0 Å². The lowest BCUT2D eigenvalue weighted by Crippen LogP contribution is -2.11. The highest BCUT2D eigenvalue weighted by Gasteiger charge is 2.13. The fourth-order valence-electron chi connectivity index (χ4n) is 2.47. The summed E-state index contributed by atoms with van der Waals surface area (Å²) >= 11 is 0. The van der Waals surface area contributed by atoms with E-state index in [1.54, 1.807) is 7.11 Å². The second kappa shape index (κ2) is 8.20. The number of hydrogen-bond acceptors (Lipinski definition) is 3. The monoisotopic (exact) mass is 327 g/mol. The Balaban J connectivity index is 2.03. The molecule has 2 rings (SSSR count). The average Bonchev–Trinajstić information content (AvgIpc) is 2.58. The molecule has 2 aromatic carbocycles. The van der Waals surface area contributed by atoms with Crippen LogP contribution in [0, 0.1) is 0 Å². The normalized spacial score (nSPS) is 11.4. The van der Waals surface area contributed by atoms with E-state index in [4.69, 9.17) is 9.47 Å². The Kier molecular flexibility index (Phi) is 6.27. The number of nitrogens with one attached hydrogen (secondary N) is 1. The van der Waals surface area contributed by atoms with Gasteiger partial charge < -0.3 is 14.8 Å².